The van der Waals surface area contributed by atoms with Crippen molar-refractivity contribution in [2.24, 2.45) is 0 Å². The third-order valence-electron chi connectivity index (χ3n) is 6.65. The van der Waals surface area contributed by atoms with Crippen LogP contribution in [0.5, 0.6) is 0 Å². The maximum Gasteiger partial charge on any atom is 0.242 e. The first kappa shape index (κ1) is 18.9. The second-order valence-electron chi connectivity index (χ2n) is 8.34. The molecule has 4 heterocycles. The summed E-state index contributed by atoms with van der Waals surface area (Å²) in [5, 5.41) is 0. The molecular weight excluding hydrogens is 376 g/mol. The molecule has 5 rings (SSSR count). The van der Waals surface area contributed by atoms with Crippen molar-refractivity contribution < 1.29 is 9.59 Å². The van der Waals surface area contributed by atoms with E-state index >= 15 is 0 Å². The molecule has 0 bridgehead atoms. The summed E-state index contributed by atoms with van der Waals surface area (Å²) < 4.78 is 2.07. The van der Waals surface area contributed by atoms with Crippen LogP contribution >= 0.6 is 0 Å². The minimum atomic E-state index is -0.215. The van der Waals surface area contributed by atoms with Crippen LogP contribution in [0.3, 0.4) is 0 Å². The van der Waals surface area contributed by atoms with Gasteiger partial charge in [-0.1, -0.05) is 36.4 Å². The first-order valence-corrected chi connectivity index (χ1v) is 10.7. The van der Waals surface area contributed by atoms with Gasteiger partial charge in [-0.25, -0.2) is 4.98 Å². The van der Waals surface area contributed by atoms with Crippen molar-refractivity contribution in [3.8, 4) is 0 Å². The van der Waals surface area contributed by atoms with E-state index in [0.29, 0.717) is 26.1 Å². The summed E-state index contributed by atoms with van der Waals surface area (Å²) in [6.45, 7) is 2.26. The van der Waals surface area contributed by atoms with E-state index in [1.807, 2.05) is 35.4 Å². The van der Waals surface area contributed by atoms with Crippen LogP contribution in [0.1, 0.15) is 36.9 Å². The fourth-order valence-corrected chi connectivity index (χ4v) is 4.89. The lowest BCUT2D eigenvalue weighted by atomic mass is 9.70. The van der Waals surface area contributed by atoms with Gasteiger partial charge in [-0.3, -0.25) is 9.59 Å². The second-order valence-corrected chi connectivity index (χ2v) is 8.34. The van der Waals surface area contributed by atoms with E-state index in [2.05, 4.69) is 34.9 Å². The molecule has 0 N–H and O–H groups in total. The number of likely N-dealkylation sites (tertiary alicyclic amines) is 2. The summed E-state index contributed by atoms with van der Waals surface area (Å²) in [6, 6.07) is 16.6. The Labute approximate surface area is 176 Å². The number of benzene rings is 1. The standard InChI is InChI=1S/C24H26N4O2/c29-22-10-6-14-28(22)18-23(30)26-15-11-24(12-16-26,19-7-2-1-3-8-19)20-17-27-13-5-4-9-21(27)25-20/h1-5,7-9,13,17H,6,10-12,14-16,18H2. The van der Waals surface area contributed by atoms with Crippen molar-refractivity contribution in [1.82, 2.24) is 19.2 Å². The van der Waals surface area contributed by atoms with E-state index < -0.39 is 0 Å². The Hall–Kier alpha value is -3.15. The lowest BCUT2D eigenvalue weighted by molar-refractivity contribution is -0.139. The van der Waals surface area contributed by atoms with Gasteiger partial charge in [0.2, 0.25) is 11.8 Å². The Morgan fingerprint density at radius 3 is 2.47 bits per heavy atom. The molecule has 2 aromatic heterocycles. The molecule has 6 heteroatoms. The first-order valence-electron chi connectivity index (χ1n) is 10.7. The van der Waals surface area contributed by atoms with E-state index in [1.165, 1.54) is 5.56 Å². The van der Waals surface area contributed by atoms with Crippen molar-refractivity contribution >= 4 is 17.5 Å². The van der Waals surface area contributed by atoms with Crippen LogP contribution in [0.2, 0.25) is 0 Å². The predicted octanol–water partition coefficient (Wildman–Crippen LogP) is 2.87. The normalized spacial score (nSPS) is 18.9. The summed E-state index contributed by atoms with van der Waals surface area (Å²) in [4.78, 5) is 33.3. The Kier molecular flexibility index (Phi) is 4.77. The molecule has 0 spiro atoms. The summed E-state index contributed by atoms with van der Waals surface area (Å²) >= 11 is 0. The average Bonchev–Trinajstić information content (AvgIpc) is 3.41. The van der Waals surface area contributed by atoms with Crippen molar-refractivity contribution in [3.05, 3.63) is 72.2 Å². The Morgan fingerprint density at radius 1 is 1.00 bits per heavy atom. The van der Waals surface area contributed by atoms with Gasteiger partial charge < -0.3 is 14.2 Å². The Balaban J connectivity index is 1.41. The van der Waals surface area contributed by atoms with Crippen LogP contribution in [-0.4, -0.2) is 57.2 Å². The Bertz CT molecular complexity index is 1030. The SMILES string of the molecule is O=C(CN1CCCC1=O)N1CCC(c2ccccc2)(c2cn3ccccc3n2)CC1. The highest BCUT2D eigenvalue weighted by molar-refractivity contribution is 5.86. The molecule has 154 valence electrons. The molecule has 0 saturated carbocycles. The van der Waals surface area contributed by atoms with Crippen LogP contribution in [0.4, 0.5) is 0 Å². The van der Waals surface area contributed by atoms with Crippen LogP contribution in [0, 0.1) is 0 Å². The number of carbonyl (C=O) groups is 2. The maximum atomic E-state index is 12.8. The molecule has 0 atom stereocenters. The topological polar surface area (TPSA) is 57.9 Å². The monoisotopic (exact) mass is 402 g/mol. The number of pyridine rings is 1. The fourth-order valence-electron chi connectivity index (χ4n) is 4.89. The van der Waals surface area contributed by atoms with Crippen LogP contribution in [-0.2, 0) is 15.0 Å². The van der Waals surface area contributed by atoms with Gasteiger partial charge in [-0.2, -0.15) is 0 Å². The maximum absolute atomic E-state index is 12.8. The third kappa shape index (κ3) is 3.26. The average molecular weight is 402 g/mol. The van der Waals surface area contributed by atoms with Crippen LogP contribution in [0.15, 0.2) is 60.9 Å². The first-order chi connectivity index (χ1) is 14.7. The van der Waals surface area contributed by atoms with Gasteiger partial charge in [0, 0.05) is 43.9 Å². The van der Waals surface area contributed by atoms with Gasteiger partial charge in [0.25, 0.3) is 0 Å². The number of hydrogen-bond acceptors (Lipinski definition) is 3. The quantitative estimate of drug-likeness (QED) is 0.674. The van der Waals surface area contributed by atoms with E-state index in [4.69, 9.17) is 4.98 Å². The van der Waals surface area contributed by atoms with E-state index in [9.17, 15) is 9.59 Å². The highest BCUT2D eigenvalue weighted by atomic mass is 16.2. The molecule has 2 aliphatic heterocycles. The van der Waals surface area contributed by atoms with Crippen molar-refractivity contribution in [2.45, 2.75) is 31.1 Å². The van der Waals surface area contributed by atoms with Gasteiger partial charge in [0.15, 0.2) is 0 Å². The number of amides is 2. The van der Waals surface area contributed by atoms with Crippen molar-refractivity contribution in [2.75, 3.05) is 26.2 Å². The zero-order valence-electron chi connectivity index (χ0n) is 17.0. The number of piperidine rings is 1. The molecule has 3 aromatic rings. The highest BCUT2D eigenvalue weighted by Gasteiger charge is 2.41. The highest BCUT2D eigenvalue weighted by Crippen LogP contribution is 2.41. The zero-order chi connectivity index (χ0) is 20.6. The lowest BCUT2D eigenvalue weighted by Gasteiger charge is -2.41. The van der Waals surface area contributed by atoms with Crippen LogP contribution in [0.25, 0.3) is 5.65 Å². The van der Waals surface area contributed by atoms with Gasteiger partial charge >= 0.3 is 0 Å². The minimum absolute atomic E-state index is 0.0573. The molecule has 0 unspecified atom stereocenters. The minimum Gasteiger partial charge on any atom is -0.341 e. The zero-order valence-corrected chi connectivity index (χ0v) is 17.0. The van der Waals surface area contributed by atoms with Crippen molar-refractivity contribution in [3.63, 3.8) is 0 Å². The fraction of sp³-hybridized carbons (Fsp3) is 0.375. The number of carbonyl (C=O) groups excluding carboxylic acids is 2. The van der Waals surface area contributed by atoms with Gasteiger partial charge in [0.1, 0.15) is 5.65 Å². The Morgan fingerprint density at radius 2 is 1.77 bits per heavy atom. The number of aromatic nitrogens is 2. The number of hydrogen-bond donors (Lipinski definition) is 0. The number of rotatable bonds is 4. The van der Waals surface area contributed by atoms with Gasteiger partial charge in [0.05, 0.1) is 12.2 Å². The lowest BCUT2D eigenvalue weighted by Crippen LogP contribution is -2.49. The number of nitrogens with zero attached hydrogens (tertiary/aromatic N) is 4. The van der Waals surface area contributed by atoms with Crippen molar-refractivity contribution in [1.29, 1.82) is 0 Å². The van der Waals surface area contributed by atoms with Gasteiger partial charge in [-0.15, -0.1) is 0 Å². The molecule has 2 fully saturated rings. The predicted molar refractivity (Wildman–Crippen MR) is 114 cm³/mol. The van der Waals surface area contributed by atoms with E-state index in [0.717, 1.165) is 30.6 Å². The molecular formula is C24H26N4O2. The molecule has 2 amide bonds. The van der Waals surface area contributed by atoms with E-state index in [-0.39, 0.29) is 23.8 Å². The van der Waals surface area contributed by atoms with Crippen LogP contribution < -0.4 is 0 Å². The number of fused-ring (bicyclic) bond motifs is 1. The second kappa shape index (κ2) is 7.59. The summed E-state index contributed by atoms with van der Waals surface area (Å²) in [6.07, 6.45) is 7.22. The largest absolute Gasteiger partial charge is 0.341 e. The smallest absolute Gasteiger partial charge is 0.242 e. The molecule has 2 aliphatic rings. The number of imidazole rings is 1. The summed E-state index contributed by atoms with van der Waals surface area (Å²) in [7, 11) is 0. The molecule has 2 saturated heterocycles. The molecule has 0 aliphatic carbocycles. The molecule has 6 nitrogen and oxygen atoms in total. The molecule has 0 radical (unpaired) electrons. The molecule has 1 aromatic carbocycles. The van der Waals surface area contributed by atoms with E-state index in [1.54, 1.807) is 4.90 Å². The van der Waals surface area contributed by atoms with Gasteiger partial charge in [-0.05, 0) is 37.0 Å². The summed E-state index contributed by atoms with van der Waals surface area (Å²) in [5.41, 5.74) is 3.03. The summed E-state index contributed by atoms with van der Waals surface area (Å²) in [5.74, 6) is 0.158. The molecule has 30 heavy (non-hydrogen) atoms. The third-order valence-corrected chi connectivity index (χ3v) is 6.65.